The van der Waals surface area contributed by atoms with Crippen LogP contribution in [0.15, 0.2) is 0 Å². The summed E-state index contributed by atoms with van der Waals surface area (Å²) in [5.74, 6) is 0.385. The number of ketones is 1. The third kappa shape index (κ3) is 16.0. The van der Waals surface area contributed by atoms with Crippen molar-refractivity contribution in [3.8, 4) is 0 Å². The lowest BCUT2D eigenvalue weighted by atomic mass is 9.67. The maximum atomic E-state index is 12.4. The first-order valence-electron chi connectivity index (χ1n) is 12.5. The predicted molar refractivity (Wildman–Crippen MR) is 141 cm³/mol. The Hall–Kier alpha value is -0.740. The van der Waals surface area contributed by atoms with E-state index in [9.17, 15) is 9.59 Å². The van der Waals surface area contributed by atoms with Gasteiger partial charge in [0.25, 0.3) is 0 Å². The molecule has 0 aliphatic carbocycles. The first-order chi connectivity index (χ1) is 14.2. The smallest absolute Gasteiger partial charge is 0.138 e. The van der Waals surface area contributed by atoms with Crippen molar-refractivity contribution in [2.24, 2.45) is 22.2 Å². The van der Waals surface area contributed by atoms with Gasteiger partial charge in [0.15, 0.2) is 0 Å². The first-order valence-corrected chi connectivity index (χ1v) is 12.5. The van der Waals surface area contributed by atoms with Gasteiger partial charge in [-0.2, -0.15) is 0 Å². The maximum Gasteiger partial charge on any atom is 0.138 e. The Morgan fingerprint density at radius 1 is 0.906 bits per heavy atom. The van der Waals surface area contributed by atoms with Crippen molar-refractivity contribution < 1.29 is 14.3 Å². The Bertz CT molecular complexity index is 525. The molecular weight excluding hydrogens is 398 g/mol. The largest absolute Gasteiger partial charge is 0.368 e. The minimum absolute atomic E-state index is 0.0882. The number of hydrogen-bond acceptors (Lipinski definition) is 4. The first kappa shape index (κ1) is 35.8. The Labute approximate surface area is 202 Å². The number of carbonyl (C=O) groups is 2. The molecule has 0 saturated heterocycles. The monoisotopic (exact) mass is 457 g/mol. The highest BCUT2D eigenvalue weighted by atomic mass is 16.5. The molecule has 0 bridgehead atoms. The van der Waals surface area contributed by atoms with E-state index in [0.29, 0.717) is 12.2 Å². The lowest BCUT2D eigenvalue weighted by Gasteiger charge is -2.36. The molecule has 0 radical (unpaired) electrons. The van der Waals surface area contributed by atoms with E-state index >= 15 is 0 Å². The van der Waals surface area contributed by atoms with Gasteiger partial charge in [0.05, 0.1) is 11.2 Å². The highest BCUT2D eigenvalue weighted by Crippen LogP contribution is 2.39. The van der Waals surface area contributed by atoms with Gasteiger partial charge in [-0.1, -0.05) is 82.6 Å². The number of aldehydes is 1. The molecule has 0 aromatic rings. The van der Waals surface area contributed by atoms with Crippen molar-refractivity contribution in [1.29, 1.82) is 0 Å². The molecular formula is C28H59NO3. The van der Waals surface area contributed by atoms with Crippen LogP contribution in [0.25, 0.3) is 0 Å². The molecule has 0 amide bonds. The fourth-order valence-corrected chi connectivity index (χ4v) is 3.49. The van der Waals surface area contributed by atoms with Crippen LogP contribution in [0.2, 0.25) is 0 Å². The Morgan fingerprint density at radius 3 is 1.62 bits per heavy atom. The van der Waals surface area contributed by atoms with Crippen molar-refractivity contribution in [3.63, 3.8) is 0 Å². The average Bonchev–Trinajstić information content (AvgIpc) is 2.60. The molecule has 0 aromatic carbocycles. The standard InChI is InChI=1S/C17H35NO2.C9H18O.C2H6/c1-13(10-15(2,3)4)14(19)11-16(5,6)20-17(7,8)12-18-9;1-6-8(2,3)9(4,5)7-10;1-2/h13,18H,10-12H2,1-9H3;7H,6H2,1-5H3;1-2H3. The van der Waals surface area contributed by atoms with E-state index in [0.717, 1.165) is 25.7 Å². The molecule has 0 aliphatic rings. The Morgan fingerprint density at radius 2 is 1.34 bits per heavy atom. The summed E-state index contributed by atoms with van der Waals surface area (Å²) in [6.07, 6.45) is 3.48. The highest BCUT2D eigenvalue weighted by molar-refractivity contribution is 5.81. The van der Waals surface area contributed by atoms with E-state index in [2.05, 4.69) is 46.9 Å². The third-order valence-corrected chi connectivity index (χ3v) is 6.15. The van der Waals surface area contributed by atoms with Crippen molar-refractivity contribution >= 4 is 12.1 Å². The van der Waals surface area contributed by atoms with Crippen LogP contribution in [0.1, 0.15) is 123 Å². The molecule has 194 valence electrons. The van der Waals surface area contributed by atoms with Gasteiger partial charge >= 0.3 is 0 Å². The lowest BCUT2D eigenvalue weighted by molar-refractivity contribution is -0.144. The van der Waals surface area contributed by atoms with E-state index in [1.165, 1.54) is 0 Å². The number of carbonyl (C=O) groups excluding carboxylic acids is 2. The number of ether oxygens (including phenoxy) is 1. The normalized spacial score (nSPS) is 13.9. The molecule has 1 atom stereocenters. The number of Topliss-reactive ketones (excluding diaryl/α,β-unsaturated/α-hetero) is 1. The molecule has 0 spiro atoms. The van der Waals surface area contributed by atoms with E-state index in [-0.39, 0.29) is 27.8 Å². The summed E-state index contributed by atoms with van der Waals surface area (Å²) in [5, 5.41) is 3.13. The van der Waals surface area contributed by atoms with Gasteiger partial charge < -0.3 is 14.8 Å². The fourth-order valence-electron chi connectivity index (χ4n) is 3.49. The van der Waals surface area contributed by atoms with Gasteiger partial charge in [0, 0.05) is 24.3 Å². The molecule has 0 aliphatic heterocycles. The molecule has 4 heteroatoms. The van der Waals surface area contributed by atoms with Crippen LogP contribution in [0.3, 0.4) is 0 Å². The van der Waals surface area contributed by atoms with Crippen molar-refractivity contribution in [2.45, 2.75) is 134 Å². The van der Waals surface area contributed by atoms with E-state index < -0.39 is 5.60 Å². The molecule has 32 heavy (non-hydrogen) atoms. The zero-order valence-electron chi connectivity index (χ0n) is 24.7. The molecule has 0 heterocycles. The molecule has 0 saturated carbocycles. The second-order valence-electron chi connectivity index (χ2n) is 12.5. The van der Waals surface area contributed by atoms with E-state index in [1.54, 1.807) is 0 Å². The zero-order chi connectivity index (χ0) is 26.6. The van der Waals surface area contributed by atoms with Gasteiger partial charge in [-0.25, -0.2) is 0 Å². The molecule has 1 N–H and O–H groups in total. The predicted octanol–water partition coefficient (Wildman–Crippen LogP) is 7.49. The molecule has 0 fully saturated rings. The van der Waals surface area contributed by atoms with Crippen LogP contribution in [-0.4, -0.2) is 36.9 Å². The lowest BCUT2D eigenvalue weighted by Crippen LogP contribution is -2.44. The van der Waals surface area contributed by atoms with Crippen LogP contribution in [-0.2, 0) is 14.3 Å². The number of likely N-dealkylation sites (N-methyl/N-ethyl adjacent to an activating group) is 1. The second kappa shape index (κ2) is 14.5. The Kier molecular flexibility index (Phi) is 16.2. The quantitative estimate of drug-likeness (QED) is 0.327. The van der Waals surface area contributed by atoms with Crippen LogP contribution >= 0.6 is 0 Å². The Balaban J connectivity index is -0.000000587. The second-order valence-corrected chi connectivity index (χ2v) is 12.5. The average molecular weight is 458 g/mol. The van der Waals surface area contributed by atoms with Crippen LogP contribution in [0.5, 0.6) is 0 Å². The number of hydrogen-bond donors (Lipinski definition) is 1. The van der Waals surface area contributed by atoms with Crippen LogP contribution in [0, 0.1) is 22.2 Å². The molecule has 0 aromatic heterocycles. The maximum absolute atomic E-state index is 12.4. The van der Waals surface area contributed by atoms with Crippen LogP contribution in [0.4, 0.5) is 0 Å². The summed E-state index contributed by atoms with van der Waals surface area (Å²) in [5.41, 5.74) is -0.586. The summed E-state index contributed by atoms with van der Waals surface area (Å²) in [7, 11) is 1.91. The van der Waals surface area contributed by atoms with Gasteiger partial charge in [-0.15, -0.1) is 0 Å². The third-order valence-electron chi connectivity index (χ3n) is 6.15. The van der Waals surface area contributed by atoms with Crippen molar-refractivity contribution in [3.05, 3.63) is 0 Å². The van der Waals surface area contributed by atoms with Gasteiger partial charge in [0.2, 0.25) is 0 Å². The minimum Gasteiger partial charge on any atom is -0.368 e. The summed E-state index contributed by atoms with van der Waals surface area (Å²) >= 11 is 0. The fraction of sp³-hybridized carbons (Fsp3) is 0.929. The number of rotatable bonds is 11. The van der Waals surface area contributed by atoms with Crippen molar-refractivity contribution in [1.82, 2.24) is 5.32 Å². The summed E-state index contributed by atoms with van der Waals surface area (Å²) in [6, 6.07) is 0. The summed E-state index contributed by atoms with van der Waals surface area (Å²) in [6.45, 7) is 31.8. The number of nitrogens with one attached hydrogen (secondary N) is 1. The summed E-state index contributed by atoms with van der Waals surface area (Å²) in [4.78, 5) is 23.0. The van der Waals surface area contributed by atoms with E-state index in [4.69, 9.17) is 4.74 Å². The zero-order valence-corrected chi connectivity index (χ0v) is 24.7. The topological polar surface area (TPSA) is 55.4 Å². The van der Waals surface area contributed by atoms with Gasteiger partial charge in [0.1, 0.15) is 12.1 Å². The SMILES string of the molecule is CC.CCC(C)(C)C(C)(C)C=O.CNCC(C)(C)OC(C)(C)CC(=O)C(C)CC(C)(C)C. The molecule has 4 nitrogen and oxygen atoms in total. The minimum atomic E-state index is -0.427. The molecule has 1 unspecified atom stereocenters. The summed E-state index contributed by atoms with van der Waals surface area (Å²) < 4.78 is 6.13. The highest BCUT2D eigenvalue weighted by Gasteiger charge is 2.35. The van der Waals surface area contributed by atoms with E-state index in [1.807, 2.05) is 69.4 Å². The van der Waals surface area contributed by atoms with Gasteiger partial charge in [-0.05, 0) is 52.0 Å². The van der Waals surface area contributed by atoms with Crippen molar-refractivity contribution in [2.75, 3.05) is 13.6 Å². The van der Waals surface area contributed by atoms with Gasteiger partial charge in [-0.3, -0.25) is 4.79 Å². The molecule has 0 rings (SSSR count). The van der Waals surface area contributed by atoms with Crippen LogP contribution < -0.4 is 5.32 Å².